The quantitative estimate of drug-likeness (QED) is 0.758. The molecule has 23 heavy (non-hydrogen) atoms. The zero-order valence-electron chi connectivity index (χ0n) is 12.8. The van der Waals surface area contributed by atoms with Crippen LogP contribution in [0.25, 0.3) is 5.69 Å². The van der Waals surface area contributed by atoms with Gasteiger partial charge in [0, 0.05) is 22.9 Å². The van der Waals surface area contributed by atoms with E-state index in [1.165, 1.54) is 0 Å². The second-order valence-corrected chi connectivity index (χ2v) is 6.30. The fraction of sp³-hybridized carbons (Fsp3) is 0.188. The number of aromatic nitrogens is 4. The number of rotatable bonds is 4. The number of hydrogen-bond donors (Lipinski definition) is 1. The Hall–Kier alpha value is -2.41. The molecule has 2 heterocycles. The first kappa shape index (κ1) is 15.5. The van der Waals surface area contributed by atoms with Gasteiger partial charge in [-0.15, -0.1) is 0 Å². The lowest BCUT2D eigenvalue weighted by Crippen LogP contribution is -2.12. The second-order valence-electron chi connectivity index (χ2n) is 5.38. The maximum Gasteiger partial charge on any atom is 0.276 e. The molecule has 0 saturated heterocycles. The van der Waals surface area contributed by atoms with Crippen molar-refractivity contribution < 1.29 is 4.79 Å². The van der Waals surface area contributed by atoms with Crippen LogP contribution < -0.4 is 5.32 Å². The molecule has 0 unspecified atom stereocenters. The topological polar surface area (TPSA) is 64.7 Å². The van der Waals surface area contributed by atoms with Crippen LogP contribution in [0.5, 0.6) is 0 Å². The predicted octanol–water partition coefficient (Wildman–Crippen LogP) is 3.66. The first-order chi connectivity index (χ1) is 11.0. The van der Waals surface area contributed by atoms with Crippen molar-refractivity contribution in [2.75, 3.05) is 5.32 Å². The van der Waals surface area contributed by atoms with Gasteiger partial charge in [0.1, 0.15) is 0 Å². The van der Waals surface area contributed by atoms with Crippen LogP contribution >= 0.6 is 15.9 Å². The van der Waals surface area contributed by atoms with Crippen LogP contribution in [0.1, 0.15) is 30.4 Å². The Morgan fingerprint density at radius 1 is 1.30 bits per heavy atom. The van der Waals surface area contributed by atoms with E-state index in [2.05, 4.69) is 31.4 Å². The van der Waals surface area contributed by atoms with Crippen LogP contribution in [0.15, 0.2) is 53.4 Å². The van der Waals surface area contributed by atoms with Crippen LogP contribution in [0, 0.1) is 0 Å². The van der Waals surface area contributed by atoms with E-state index in [4.69, 9.17) is 0 Å². The molecule has 7 heteroatoms. The van der Waals surface area contributed by atoms with E-state index in [9.17, 15) is 4.79 Å². The SMILES string of the molecule is CC(C)n1cc(NC(=O)c2ccn(-c3cccc(Br)c3)n2)cn1. The lowest BCUT2D eigenvalue weighted by molar-refractivity contribution is 0.102. The van der Waals surface area contributed by atoms with Crippen molar-refractivity contribution in [3.8, 4) is 5.69 Å². The molecule has 3 rings (SSSR count). The molecule has 118 valence electrons. The monoisotopic (exact) mass is 373 g/mol. The third-order valence-electron chi connectivity index (χ3n) is 3.28. The minimum atomic E-state index is -0.262. The Bertz CT molecular complexity index is 836. The molecule has 3 aromatic rings. The van der Waals surface area contributed by atoms with Gasteiger partial charge in [-0.2, -0.15) is 10.2 Å². The summed E-state index contributed by atoms with van der Waals surface area (Å²) in [5.74, 6) is -0.262. The highest BCUT2D eigenvalue weighted by molar-refractivity contribution is 9.10. The molecule has 0 aliphatic carbocycles. The lowest BCUT2D eigenvalue weighted by atomic mass is 10.3. The van der Waals surface area contributed by atoms with Gasteiger partial charge in [-0.25, -0.2) is 4.68 Å². The third-order valence-corrected chi connectivity index (χ3v) is 3.78. The van der Waals surface area contributed by atoms with Crippen LogP contribution in [-0.4, -0.2) is 25.5 Å². The average Bonchev–Trinajstić information content (AvgIpc) is 3.16. The number of carbonyl (C=O) groups is 1. The summed E-state index contributed by atoms with van der Waals surface area (Å²) < 4.78 is 4.41. The maximum absolute atomic E-state index is 12.3. The van der Waals surface area contributed by atoms with Crippen molar-refractivity contribution >= 4 is 27.5 Å². The minimum absolute atomic E-state index is 0.247. The molecular formula is C16H16BrN5O. The summed E-state index contributed by atoms with van der Waals surface area (Å²) in [5.41, 5.74) is 1.88. The largest absolute Gasteiger partial charge is 0.318 e. The zero-order valence-corrected chi connectivity index (χ0v) is 14.4. The summed E-state index contributed by atoms with van der Waals surface area (Å²) in [5, 5.41) is 11.3. The number of hydrogen-bond acceptors (Lipinski definition) is 3. The zero-order chi connectivity index (χ0) is 16.4. The van der Waals surface area contributed by atoms with Gasteiger partial charge >= 0.3 is 0 Å². The Kier molecular flexibility index (Phi) is 4.29. The smallest absolute Gasteiger partial charge is 0.276 e. The number of benzene rings is 1. The van der Waals surface area contributed by atoms with E-state index in [-0.39, 0.29) is 11.9 Å². The Morgan fingerprint density at radius 2 is 2.13 bits per heavy atom. The van der Waals surface area contributed by atoms with Crippen LogP contribution in [0.4, 0.5) is 5.69 Å². The summed E-state index contributed by atoms with van der Waals surface area (Å²) in [7, 11) is 0. The molecule has 0 aliphatic heterocycles. The molecule has 1 N–H and O–H groups in total. The summed E-state index contributed by atoms with van der Waals surface area (Å²) in [6.45, 7) is 4.05. The highest BCUT2D eigenvalue weighted by Crippen LogP contribution is 2.16. The van der Waals surface area contributed by atoms with Gasteiger partial charge in [0.25, 0.3) is 5.91 Å². The number of amides is 1. The van der Waals surface area contributed by atoms with Gasteiger partial charge in [-0.3, -0.25) is 9.48 Å². The standard InChI is InChI=1S/C16H16BrN5O/c1-11(2)22-10-13(9-18-22)19-16(23)15-6-7-21(20-15)14-5-3-4-12(17)8-14/h3-11H,1-2H3,(H,19,23). The number of nitrogens with one attached hydrogen (secondary N) is 1. The molecule has 0 spiro atoms. The van der Waals surface area contributed by atoms with Crippen molar-refractivity contribution in [1.82, 2.24) is 19.6 Å². The molecule has 1 amide bonds. The number of nitrogens with zero attached hydrogens (tertiary/aromatic N) is 4. The van der Waals surface area contributed by atoms with E-state index in [0.717, 1.165) is 10.2 Å². The van der Waals surface area contributed by atoms with Gasteiger partial charge < -0.3 is 5.32 Å². The Morgan fingerprint density at radius 3 is 2.83 bits per heavy atom. The van der Waals surface area contributed by atoms with Gasteiger partial charge in [-0.1, -0.05) is 22.0 Å². The fourth-order valence-corrected chi connectivity index (χ4v) is 2.47. The molecular weight excluding hydrogens is 358 g/mol. The summed E-state index contributed by atoms with van der Waals surface area (Å²) in [6, 6.07) is 9.64. The molecule has 0 fully saturated rings. The van der Waals surface area contributed by atoms with E-state index in [1.54, 1.807) is 34.0 Å². The first-order valence-corrected chi connectivity index (χ1v) is 7.99. The van der Waals surface area contributed by atoms with Crippen molar-refractivity contribution in [3.63, 3.8) is 0 Å². The Labute approximate surface area is 142 Å². The number of carbonyl (C=O) groups excluding carboxylic acids is 1. The van der Waals surface area contributed by atoms with Crippen LogP contribution in [0.2, 0.25) is 0 Å². The van der Waals surface area contributed by atoms with Crippen molar-refractivity contribution in [1.29, 1.82) is 0 Å². The van der Waals surface area contributed by atoms with Gasteiger partial charge in [0.05, 0.1) is 17.6 Å². The molecule has 0 radical (unpaired) electrons. The van der Waals surface area contributed by atoms with E-state index >= 15 is 0 Å². The van der Waals surface area contributed by atoms with Crippen molar-refractivity contribution in [3.05, 3.63) is 59.1 Å². The molecule has 0 atom stereocenters. The second kappa shape index (κ2) is 6.37. The Balaban J connectivity index is 1.75. The maximum atomic E-state index is 12.3. The minimum Gasteiger partial charge on any atom is -0.318 e. The summed E-state index contributed by atoms with van der Waals surface area (Å²) >= 11 is 3.42. The number of halogens is 1. The van der Waals surface area contributed by atoms with E-state index < -0.39 is 0 Å². The lowest BCUT2D eigenvalue weighted by Gasteiger charge is -2.03. The fourth-order valence-electron chi connectivity index (χ4n) is 2.09. The molecule has 2 aromatic heterocycles. The summed E-state index contributed by atoms with van der Waals surface area (Å²) in [6.07, 6.45) is 5.19. The molecule has 6 nitrogen and oxygen atoms in total. The van der Waals surface area contributed by atoms with E-state index in [0.29, 0.717) is 11.4 Å². The van der Waals surface area contributed by atoms with Crippen molar-refractivity contribution in [2.45, 2.75) is 19.9 Å². The molecule has 0 aliphatic rings. The van der Waals surface area contributed by atoms with E-state index in [1.807, 2.05) is 38.1 Å². The predicted molar refractivity (Wildman–Crippen MR) is 91.8 cm³/mol. The van der Waals surface area contributed by atoms with Gasteiger partial charge in [0.2, 0.25) is 0 Å². The third kappa shape index (κ3) is 3.50. The normalized spacial score (nSPS) is 11.0. The van der Waals surface area contributed by atoms with Gasteiger partial charge in [-0.05, 0) is 38.1 Å². The average molecular weight is 374 g/mol. The van der Waals surface area contributed by atoms with Gasteiger partial charge in [0.15, 0.2) is 5.69 Å². The first-order valence-electron chi connectivity index (χ1n) is 7.20. The van der Waals surface area contributed by atoms with Crippen LogP contribution in [0.3, 0.4) is 0 Å². The molecule has 0 saturated carbocycles. The van der Waals surface area contributed by atoms with Crippen LogP contribution in [-0.2, 0) is 0 Å². The van der Waals surface area contributed by atoms with Crippen molar-refractivity contribution in [2.24, 2.45) is 0 Å². The highest BCUT2D eigenvalue weighted by Gasteiger charge is 2.12. The molecule has 1 aromatic carbocycles. The number of anilines is 1. The highest BCUT2D eigenvalue weighted by atomic mass is 79.9. The summed E-state index contributed by atoms with van der Waals surface area (Å²) in [4.78, 5) is 12.3. The molecule has 0 bridgehead atoms.